The number of aryl methyl sites for hydroxylation is 2. The number of aromatic amines is 1. The minimum Gasteiger partial charge on any atom is -0.289 e. The van der Waals surface area contributed by atoms with Gasteiger partial charge >= 0.3 is 0 Å². The van der Waals surface area contributed by atoms with Crippen LogP contribution in [-0.2, 0) is 0 Å². The fourth-order valence-corrected chi connectivity index (χ4v) is 1.26. The standard InChI is InChI=1S/C10H11N5O/c1-6-5-8(3-4-11-6)9(16)13-10-12-7(2)14-15-10/h3-5H,1-2H3,(H2,12,13,14,15,16). The van der Waals surface area contributed by atoms with Crippen molar-refractivity contribution in [3.05, 3.63) is 35.4 Å². The number of amides is 1. The van der Waals surface area contributed by atoms with Gasteiger partial charge in [0, 0.05) is 17.5 Å². The Morgan fingerprint density at radius 2 is 2.25 bits per heavy atom. The highest BCUT2D eigenvalue weighted by Crippen LogP contribution is 2.04. The van der Waals surface area contributed by atoms with E-state index in [1.54, 1.807) is 25.3 Å². The number of carbonyl (C=O) groups excluding carboxylic acids is 1. The summed E-state index contributed by atoms with van der Waals surface area (Å²) in [5.41, 5.74) is 1.33. The number of anilines is 1. The number of hydrogen-bond donors (Lipinski definition) is 2. The van der Waals surface area contributed by atoms with Crippen LogP contribution in [0.1, 0.15) is 21.9 Å². The predicted octanol–water partition coefficient (Wildman–Crippen LogP) is 1.07. The van der Waals surface area contributed by atoms with Gasteiger partial charge in [-0.25, -0.2) is 0 Å². The normalized spacial score (nSPS) is 10.1. The molecule has 0 aliphatic rings. The zero-order chi connectivity index (χ0) is 11.5. The third kappa shape index (κ3) is 2.22. The van der Waals surface area contributed by atoms with Crippen molar-refractivity contribution in [2.45, 2.75) is 13.8 Å². The highest BCUT2D eigenvalue weighted by molar-refractivity contribution is 6.03. The van der Waals surface area contributed by atoms with E-state index in [9.17, 15) is 4.79 Å². The maximum absolute atomic E-state index is 11.7. The van der Waals surface area contributed by atoms with Gasteiger partial charge in [-0.2, -0.15) is 4.98 Å². The molecular formula is C10H11N5O. The Hall–Kier alpha value is -2.24. The average Bonchev–Trinajstić information content (AvgIpc) is 2.64. The summed E-state index contributed by atoms with van der Waals surface area (Å²) < 4.78 is 0. The molecule has 0 spiro atoms. The molecule has 2 aromatic heterocycles. The van der Waals surface area contributed by atoms with Crippen molar-refractivity contribution in [2.75, 3.05) is 5.32 Å². The number of nitrogens with one attached hydrogen (secondary N) is 2. The molecule has 0 radical (unpaired) electrons. The number of aromatic nitrogens is 4. The Labute approximate surface area is 92.1 Å². The summed E-state index contributed by atoms with van der Waals surface area (Å²) in [6.45, 7) is 3.59. The number of hydrogen-bond acceptors (Lipinski definition) is 4. The largest absolute Gasteiger partial charge is 0.289 e. The number of pyridine rings is 1. The number of H-pyrrole nitrogens is 1. The van der Waals surface area contributed by atoms with Crippen LogP contribution >= 0.6 is 0 Å². The van der Waals surface area contributed by atoms with Crippen LogP contribution < -0.4 is 5.32 Å². The second-order valence-electron chi connectivity index (χ2n) is 3.38. The van der Waals surface area contributed by atoms with Crippen molar-refractivity contribution in [3.63, 3.8) is 0 Å². The first-order chi connectivity index (χ1) is 7.65. The van der Waals surface area contributed by atoms with Crippen LogP contribution in [0.4, 0.5) is 5.95 Å². The molecule has 82 valence electrons. The Kier molecular flexibility index (Phi) is 2.63. The van der Waals surface area contributed by atoms with Gasteiger partial charge < -0.3 is 0 Å². The van der Waals surface area contributed by atoms with E-state index in [-0.39, 0.29) is 11.9 Å². The molecule has 0 bridgehead atoms. The highest BCUT2D eigenvalue weighted by Gasteiger charge is 2.08. The van der Waals surface area contributed by atoms with Crippen LogP contribution in [0.2, 0.25) is 0 Å². The zero-order valence-corrected chi connectivity index (χ0v) is 8.98. The van der Waals surface area contributed by atoms with Gasteiger partial charge in [-0.1, -0.05) is 0 Å². The van der Waals surface area contributed by atoms with Gasteiger partial charge in [-0.05, 0) is 26.0 Å². The SMILES string of the molecule is Cc1cc(C(=O)Nc2n[nH]c(C)n2)ccn1. The molecule has 16 heavy (non-hydrogen) atoms. The molecule has 2 rings (SSSR count). The van der Waals surface area contributed by atoms with Crippen molar-refractivity contribution in [1.82, 2.24) is 20.2 Å². The molecular weight excluding hydrogens is 206 g/mol. The minimum atomic E-state index is -0.246. The Balaban J connectivity index is 2.14. The molecule has 1 amide bonds. The maximum Gasteiger partial charge on any atom is 0.258 e. The molecule has 0 saturated heterocycles. The third-order valence-electron chi connectivity index (χ3n) is 1.98. The summed E-state index contributed by atoms with van der Waals surface area (Å²) in [7, 11) is 0. The summed E-state index contributed by atoms with van der Waals surface area (Å²) >= 11 is 0. The first-order valence-electron chi connectivity index (χ1n) is 4.78. The molecule has 0 aliphatic heterocycles. The van der Waals surface area contributed by atoms with Gasteiger partial charge in [0.15, 0.2) is 0 Å². The number of rotatable bonds is 2. The molecule has 2 heterocycles. The van der Waals surface area contributed by atoms with Crippen LogP contribution in [-0.4, -0.2) is 26.1 Å². The van der Waals surface area contributed by atoms with Gasteiger partial charge in [0.1, 0.15) is 5.82 Å². The lowest BCUT2D eigenvalue weighted by molar-refractivity contribution is 0.102. The van der Waals surface area contributed by atoms with Gasteiger partial charge in [-0.15, -0.1) is 5.10 Å². The second kappa shape index (κ2) is 4.09. The highest BCUT2D eigenvalue weighted by atomic mass is 16.1. The smallest absolute Gasteiger partial charge is 0.258 e. The Morgan fingerprint density at radius 1 is 1.44 bits per heavy atom. The predicted molar refractivity (Wildman–Crippen MR) is 58.0 cm³/mol. The van der Waals surface area contributed by atoms with Gasteiger partial charge in [0.2, 0.25) is 5.95 Å². The van der Waals surface area contributed by atoms with Crippen LogP contribution in [0, 0.1) is 13.8 Å². The lowest BCUT2D eigenvalue weighted by atomic mass is 10.2. The van der Waals surface area contributed by atoms with E-state index in [2.05, 4.69) is 25.5 Å². The van der Waals surface area contributed by atoms with Crippen molar-refractivity contribution in [1.29, 1.82) is 0 Å². The fraction of sp³-hybridized carbons (Fsp3) is 0.200. The number of nitrogens with zero attached hydrogens (tertiary/aromatic N) is 3. The molecule has 0 fully saturated rings. The molecule has 6 heteroatoms. The summed E-state index contributed by atoms with van der Waals surface area (Å²) in [5, 5.41) is 9.05. The van der Waals surface area contributed by atoms with Crippen molar-refractivity contribution in [3.8, 4) is 0 Å². The zero-order valence-electron chi connectivity index (χ0n) is 8.98. The lowest BCUT2D eigenvalue weighted by Gasteiger charge is -2.00. The fourth-order valence-electron chi connectivity index (χ4n) is 1.26. The first-order valence-corrected chi connectivity index (χ1v) is 4.78. The van der Waals surface area contributed by atoms with Crippen molar-refractivity contribution >= 4 is 11.9 Å². The molecule has 0 aliphatic carbocycles. The molecule has 0 saturated carbocycles. The average molecular weight is 217 g/mol. The summed E-state index contributed by atoms with van der Waals surface area (Å²) in [6, 6.07) is 3.34. The molecule has 2 N–H and O–H groups in total. The molecule has 6 nitrogen and oxygen atoms in total. The van der Waals surface area contributed by atoms with Crippen LogP contribution in [0.25, 0.3) is 0 Å². The molecule has 2 aromatic rings. The molecule has 0 aromatic carbocycles. The molecule has 0 atom stereocenters. The lowest BCUT2D eigenvalue weighted by Crippen LogP contribution is -2.13. The summed E-state index contributed by atoms with van der Waals surface area (Å²) in [4.78, 5) is 19.7. The summed E-state index contributed by atoms with van der Waals surface area (Å²) in [5.74, 6) is 0.683. The summed E-state index contributed by atoms with van der Waals surface area (Å²) in [6.07, 6.45) is 1.59. The van der Waals surface area contributed by atoms with E-state index in [1.807, 2.05) is 6.92 Å². The van der Waals surface area contributed by atoms with E-state index >= 15 is 0 Å². The van der Waals surface area contributed by atoms with E-state index in [0.717, 1.165) is 5.69 Å². The van der Waals surface area contributed by atoms with Crippen LogP contribution in [0.3, 0.4) is 0 Å². The monoisotopic (exact) mass is 217 g/mol. The molecule has 0 unspecified atom stereocenters. The van der Waals surface area contributed by atoms with E-state index < -0.39 is 0 Å². The van der Waals surface area contributed by atoms with E-state index in [1.165, 1.54) is 0 Å². The van der Waals surface area contributed by atoms with E-state index in [0.29, 0.717) is 11.4 Å². The van der Waals surface area contributed by atoms with Gasteiger partial charge in [0.05, 0.1) is 0 Å². The van der Waals surface area contributed by atoms with Crippen molar-refractivity contribution < 1.29 is 4.79 Å². The van der Waals surface area contributed by atoms with Crippen molar-refractivity contribution in [2.24, 2.45) is 0 Å². The first kappa shape index (κ1) is 10.3. The minimum absolute atomic E-state index is 0.246. The Bertz CT molecular complexity index is 519. The third-order valence-corrected chi connectivity index (χ3v) is 1.98. The second-order valence-corrected chi connectivity index (χ2v) is 3.38. The topological polar surface area (TPSA) is 83.6 Å². The van der Waals surface area contributed by atoms with Crippen LogP contribution in [0.15, 0.2) is 18.3 Å². The van der Waals surface area contributed by atoms with Gasteiger partial charge in [0.25, 0.3) is 5.91 Å². The Morgan fingerprint density at radius 3 is 2.88 bits per heavy atom. The van der Waals surface area contributed by atoms with E-state index in [4.69, 9.17) is 0 Å². The number of carbonyl (C=O) groups is 1. The maximum atomic E-state index is 11.7. The van der Waals surface area contributed by atoms with Gasteiger partial charge in [-0.3, -0.25) is 20.2 Å². The van der Waals surface area contributed by atoms with Crippen LogP contribution in [0.5, 0.6) is 0 Å². The quantitative estimate of drug-likeness (QED) is 0.788.